The summed E-state index contributed by atoms with van der Waals surface area (Å²) >= 11 is 0. The van der Waals surface area contributed by atoms with Crippen LogP contribution in [-0.2, 0) is 17.6 Å². The summed E-state index contributed by atoms with van der Waals surface area (Å²) in [4.78, 5) is 12.2. The molecule has 1 aromatic carbocycles. The summed E-state index contributed by atoms with van der Waals surface area (Å²) in [5.41, 5.74) is 5.17. The van der Waals surface area contributed by atoms with E-state index < -0.39 is 0 Å². The quantitative estimate of drug-likeness (QED) is 0.784. The minimum Gasteiger partial charge on any atom is -0.388 e. The molecule has 0 amide bonds. The van der Waals surface area contributed by atoms with Crippen molar-refractivity contribution in [3.8, 4) is 0 Å². The van der Waals surface area contributed by atoms with Gasteiger partial charge in [-0.2, -0.15) is 0 Å². The number of aryl methyl sites for hydroxylation is 1. The number of hydrogen-bond acceptors (Lipinski definition) is 2. The number of fused-ring (bicyclic) bond motifs is 5. The number of carbonyl (C=O) groups excluding carboxylic acids is 1. The van der Waals surface area contributed by atoms with E-state index in [9.17, 15) is 9.90 Å². The third kappa shape index (κ3) is 1.52. The summed E-state index contributed by atoms with van der Waals surface area (Å²) in [6.07, 6.45) is 6.46. The van der Waals surface area contributed by atoms with Crippen LogP contribution in [0.25, 0.3) is 0 Å². The Morgan fingerprint density at radius 1 is 1.20 bits per heavy atom. The number of ketones is 1. The SMILES string of the molecule is C[C@]12CCc3c(ccc4c3C(O)CCC4)[C@@H]1CCC2=O. The summed E-state index contributed by atoms with van der Waals surface area (Å²) in [5, 5.41) is 10.4. The maximum absolute atomic E-state index is 12.2. The van der Waals surface area contributed by atoms with Crippen LogP contribution in [0.4, 0.5) is 0 Å². The first-order valence-electron chi connectivity index (χ1n) is 7.97. The number of rotatable bonds is 0. The lowest BCUT2D eigenvalue weighted by molar-refractivity contribution is -0.126. The van der Waals surface area contributed by atoms with Crippen molar-refractivity contribution in [2.75, 3.05) is 0 Å². The smallest absolute Gasteiger partial charge is 0.139 e. The van der Waals surface area contributed by atoms with Crippen LogP contribution in [0.2, 0.25) is 0 Å². The number of Topliss-reactive ketones (excluding diaryl/α,β-unsaturated/α-hetero) is 1. The molecule has 0 bridgehead atoms. The molecular weight excluding hydrogens is 248 g/mol. The van der Waals surface area contributed by atoms with E-state index in [1.807, 2.05) is 0 Å². The summed E-state index contributed by atoms with van der Waals surface area (Å²) in [6, 6.07) is 4.47. The van der Waals surface area contributed by atoms with Gasteiger partial charge in [0.1, 0.15) is 5.78 Å². The fourth-order valence-electron chi connectivity index (χ4n) is 4.87. The van der Waals surface area contributed by atoms with Crippen molar-refractivity contribution in [2.45, 2.75) is 63.9 Å². The Kier molecular flexibility index (Phi) is 2.62. The lowest BCUT2D eigenvalue weighted by Gasteiger charge is -2.39. The normalized spacial score (nSPS) is 35.4. The van der Waals surface area contributed by atoms with E-state index in [-0.39, 0.29) is 11.5 Å². The molecule has 0 spiro atoms. The van der Waals surface area contributed by atoms with E-state index in [0.29, 0.717) is 11.7 Å². The maximum Gasteiger partial charge on any atom is 0.139 e. The first-order valence-corrected chi connectivity index (χ1v) is 7.97. The Morgan fingerprint density at radius 3 is 2.90 bits per heavy atom. The van der Waals surface area contributed by atoms with Crippen molar-refractivity contribution in [1.82, 2.24) is 0 Å². The van der Waals surface area contributed by atoms with Crippen molar-refractivity contribution < 1.29 is 9.90 Å². The Labute approximate surface area is 120 Å². The van der Waals surface area contributed by atoms with Gasteiger partial charge in [0.25, 0.3) is 0 Å². The van der Waals surface area contributed by atoms with Gasteiger partial charge in [-0.3, -0.25) is 4.79 Å². The fraction of sp³-hybridized carbons (Fsp3) is 0.611. The van der Waals surface area contributed by atoms with Gasteiger partial charge in [0.2, 0.25) is 0 Å². The number of carbonyl (C=O) groups is 1. The van der Waals surface area contributed by atoms with Crippen LogP contribution in [0.3, 0.4) is 0 Å². The monoisotopic (exact) mass is 270 g/mol. The summed E-state index contributed by atoms with van der Waals surface area (Å²) in [7, 11) is 0. The highest BCUT2D eigenvalue weighted by Gasteiger charge is 2.49. The highest BCUT2D eigenvalue weighted by Crippen LogP contribution is 2.55. The predicted molar refractivity (Wildman–Crippen MR) is 77.7 cm³/mol. The van der Waals surface area contributed by atoms with Gasteiger partial charge in [0, 0.05) is 11.8 Å². The lowest BCUT2D eigenvalue weighted by atomic mass is 9.64. The van der Waals surface area contributed by atoms with Crippen molar-refractivity contribution in [3.63, 3.8) is 0 Å². The van der Waals surface area contributed by atoms with Crippen LogP contribution in [0.5, 0.6) is 0 Å². The molecule has 0 radical (unpaired) electrons. The van der Waals surface area contributed by atoms with Crippen LogP contribution in [-0.4, -0.2) is 10.9 Å². The predicted octanol–water partition coefficient (Wildman–Crippen LogP) is 3.46. The van der Waals surface area contributed by atoms with Crippen molar-refractivity contribution >= 4 is 5.78 Å². The van der Waals surface area contributed by atoms with Crippen LogP contribution in [0, 0.1) is 5.41 Å². The highest BCUT2D eigenvalue weighted by molar-refractivity contribution is 5.88. The number of aliphatic hydroxyl groups is 1. The van der Waals surface area contributed by atoms with Crippen molar-refractivity contribution in [2.24, 2.45) is 5.41 Å². The molecule has 3 aliphatic rings. The molecule has 4 rings (SSSR count). The second kappa shape index (κ2) is 4.17. The average Bonchev–Trinajstić information content (AvgIpc) is 2.75. The van der Waals surface area contributed by atoms with Gasteiger partial charge >= 0.3 is 0 Å². The minimum absolute atomic E-state index is 0.138. The van der Waals surface area contributed by atoms with E-state index in [0.717, 1.165) is 44.9 Å². The van der Waals surface area contributed by atoms with Gasteiger partial charge in [-0.1, -0.05) is 19.1 Å². The molecule has 2 heteroatoms. The summed E-state index contributed by atoms with van der Waals surface area (Å²) < 4.78 is 0. The molecule has 106 valence electrons. The van der Waals surface area contributed by atoms with E-state index in [2.05, 4.69) is 19.1 Å². The Morgan fingerprint density at radius 2 is 2.05 bits per heavy atom. The molecule has 3 aliphatic carbocycles. The van der Waals surface area contributed by atoms with Crippen LogP contribution < -0.4 is 0 Å². The van der Waals surface area contributed by atoms with Gasteiger partial charge in [-0.15, -0.1) is 0 Å². The molecule has 1 unspecified atom stereocenters. The minimum atomic E-state index is -0.282. The molecular formula is C18H22O2. The molecule has 1 aromatic rings. The van der Waals surface area contributed by atoms with Crippen LogP contribution in [0.15, 0.2) is 12.1 Å². The summed E-state index contributed by atoms with van der Waals surface area (Å²) in [6.45, 7) is 2.16. The molecule has 0 aliphatic heterocycles. The third-order valence-electron chi connectivity index (χ3n) is 6.08. The van der Waals surface area contributed by atoms with Crippen LogP contribution >= 0.6 is 0 Å². The van der Waals surface area contributed by atoms with E-state index in [4.69, 9.17) is 0 Å². The maximum atomic E-state index is 12.2. The summed E-state index contributed by atoms with van der Waals surface area (Å²) in [5.74, 6) is 0.838. The molecule has 0 saturated heterocycles. The lowest BCUT2D eigenvalue weighted by Crippen LogP contribution is -2.33. The molecule has 3 atom stereocenters. The Hall–Kier alpha value is -1.15. The zero-order valence-corrected chi connectivity index (χ0v) is 12.1. The zero-order chi connectivity index (χ0) is 13.9. The van der Waals surface area contributed by atoms with E-state index in [1.165, 1.54) is 22.3 Å². The van der Waals surface area contributed by atoms with Gasteiger partial charge < -0.3 is 5.11 Å². The van der Waals surface area contributed by atoms with Crippen LogP contribution in [0.1, 0.15) is 73.3 Å². The van der Waals surface area contributed by atoms with Gasteiger partial charge in [0.15, 0.2) is 0 Å². The molecule has 1 fully saturated rings. The average molecular weight is 270 g/mol. The number of benzene rings is 1. The Bertz CT molecular complexity index is 589. The van der Waals surface area contributed by atoms with E-state index in [1.54, 1.807) is 0 Å². The molecule has 1 N–H and O–H groups in total. The molecule has 2 nitrogen and oxygen atoms in total. The molecule has 20 heavy (non-hydrogen) atoms. The zero-order valence-electron chi connectivity index (χ0n) is 12.1. The first-order chi connectivity index (χ1) is 9.61. The van der Waals surface area contributed by atoms with Gasteiger partial charge in [0.05, 0.1) is 6.10 Å². The standard InChI is InChI=1S/C18H22O2/c1-18-10-9-13-12(14(18)7-8-16(18)20)6-5-11-3-2-4-15(19)17(11)13/h5-6,14-15,19H,2-4,7-10H2,1H3/t14-,15?,18-/m0/s1. The van der Waals surface area contributed by atoms with Gasteiger partial charge in [-0.25, -0.2) is 0 Å². The van der Waals surface area contributed by atoms with Crippen molar-refractivity contribution in [1.29, 1.82) is 0 Å². The largest absolute Gasteiger partial charge is 0.388 e. The number of aliphatic hydroxyl groups excluding tert-OH is 1. The highest BCUT2D eigenvalue weighted by atomic mass is 16.3. The Balaban J connectivity index is 1.88. The van der Waals surface area contributed by atoms with Gasteiger partial charge in [-0.05, 0) is 66.7 Å². The fourth-order valence-corrected chi connectivity index (χ4v) is 4.87. The third-order valence-corrected chi connectivity index (χ3v) is 6.08. The van der Waals surface area contributed by atoms with E-state index >= 15 is 0 Å². The molecule has 0 aromatic heterocycles. The number of hydrogen-bond donors (Lipinski definition) is 1. The first kappa shape index (κ1) is 12.6. The second-order valence-corrected chi connectivity index (χ2v) is 7.05. The molecule has 1 saturated carbocycles. The second-order valence-electron chi connectivity index (χ2n) is 7.05. The van der Waals surface area contributed by atoms with Crippen molar-refractivity contribution in [3.05, 3.63) is 34.4 Å². The topological polar surface area (TPSA) is 37.3 Å². The molecule has 0 heterocycles.